The molecular weight excluding hydrogens is 402 g/mol. The summed E-state index contributed by atoms with van der Waals surface area (Å²) in [7, 11) is 1.57. The van der Waals surface area contributed by atoms with Crippen molar-refractivity contribution in [2.24, 2.45) is 0 Å². The number of aryl methyl sites for hydroxylation is 1. The van der Waals surface area contributed by atoms with Crippen molar-refractivity contribution in [1.29, 1.82) is 0 Å². The first-order valence-electron chi connectivity index (χ1n) is 7.62. The van der Waals surface area contributed by atoms with E-state index in [1.165, 1.54) is 4.90 Å². The van der Waals surface area contributed by atoms with Crippen molar-refractivity contribution in [3.8, 4) is 5.75 Å². The number of rotatable bonds is 4. The van der Waals surface area contributed by atoms with E-state index < -0.39 is 0 Å². The molecule has 2 aromatic carbocycles. The lowest BCUT2D eigenvalue weighted by molar-refractivity contribution is -0.123. The second-order valence-electron chi connectivity index (χ2n) is 5.64. The molecule has 3 rings (SSSR count). The number of thioether (sulfide) groups is 1. The molecule has 2 amide bonds. The molecule has 2 aromatic rings. The van der Waals surface area contributed by atoms with Crippen molar-refractivity contribution in [3.63, 3.8) is 0 Å². The SMILES string of the molecule is COc1ccc(Br)cc1C=C1SC(=O)N(Cc2ccc(C)cc2)C1=O. The smallest absolute Gasteiger partial charge is 0.293 e. The average molecular weight is 418 g/mol. The first-order valence-corrected chi connectivity index (χ1v) is 9.23. The van der Waals surface area contributed by atoms with E-state index in [1.54, 1.807) is 13.2 Å². The number of hydrogen-bond donors (Lipinski definition) is 0. The number of halogens is 1. The molecule has 0 unspecified atom stereocenters. The highest BCUT2D eigenvalue weighted by Crippen LogP contribution is 2.35. The minimum Gasteiger partial charge on any atom is -0.496 e. The molecule has 0 aliphatic carbocycles. The Kier molecular flexibility index (Phi) is 5.30. The van der Waals surface area contributed by atoms with Crippen molar-refractivity contribution < 1.29 is 14.3 Å². The summed E-state index contributed by atoms with van der Waals surface area (Å²) >= 11 is 4.36. The van der Waals surface area contributed by atoms with Crippen molar-refractivity contribution in [1.82, 2.24) is 4.90 Å². The van der Waals surface area contributed by atoms with Crippen LogP contribution in [0.15, 0.2) is 51.8 Å². The summed E-state index contributed by atoms with van der Waals surface area (Å²) in [5, 5.41) is -0.259. The standard InChI is InChI=1S/C19H16BrNO3S/c1-12-3-5-13(6-4-12)11-21-18(22)17(25-19(21)23)10-14-9-15(20)7-8-16(14)24-2/h3-10H,11H2,1-2H3. The summed E-state index contributed by atoms with van der Waals surface area (Å²) in [5.74, 6) is 0.367. The van der Waals surface area contributed by atoms with Crippen LogP contribution in [0.1, 0.15) is 16.7 Å². The predicted octanol–water partition coefficient (Wildman–Crippen LogP) is 5.00. The summed E-state index contributed by atoms with van der Waals surface area (Å²) in [5.41, 5.74) is 2.81. The predicted molar refractivity (Wildman–Crippen MR) is 103 cm³/mol. The summed E-state index contributed by atoms with van der Waals surface area (Å²) in [4.78, 5) is 26.6. The van der Waals surface area contributed by atoms with Gasteiger partial charge in [-0.1, -0.05) is 45.8 Å². The van der Waals surface area contributed by atoms with Gasteiger partial charge in [0.25, 0.3) is 11.1 Å². The van der Waals surface area contributed by atoms with E-state index in [1.807, 2.05) is 49.4 Å². The van der Waals surface area contributed by atoms with Gasteiger partial charge < -0.3 is 4.74 Å². The lowest BCUT2D eigenvalue weighted by atomic mass is 10.1. The first kappa shape index (κ1) is 17.8. The van der Waals surface area contributed by atoms with Crippen molar-refractivity contribution >= 4 is 44.9 Å². The Morgan fingerprint density at radius 2 is 1.88 bits per heavy atom. The number of carbonyl (C=O) groups excluding carboxylic acids is 2. The maximum Gasteiger partial charge on any atom is 0.293 e. The van der Waals surface area contributed by atoms with Crippen molar-refractivity contribution in [3.05, 3.63) is 68.5 Å². The Balaban J connectivity index is 1.86. The summed E-state index contributed by atoms with van der Waals surface area (Å²) in [6.45, 7) is 2.27. The number of imide groups is 1. The fourth-order valence-corrected chi connectivity index (χ4v) is 3.68. The fraction of sp³-hybridized carbons (Fsp3) is 0.158. The molecule has 25 heavy (non-hydrogen) atoms. The third-order valence-electron chi connectivity index (χ3n) is 3.81. The zero-order chi connectivity index (χ0) is 18.0. The second kappa shape index (κ2) is 7.45. The minimum absolute atomic E-state index is 0.259. The Labute approximate surface area is 159 Å². The van der Waals surface area contributed by atoms with Gasteiger partial charge in [-0.15, -0.1) is 0 Å². The largest absolute Gasteiger partial charge is 0.496 e. The number of ether oxygens (including phenoxy) is 1. The van der Waals surface area contributed by atoms with Crippen LogP contribution >= 0.6 is 27.7 Å². The Morgan fingerprint density at radius 1 is 1.16 bits per heavy atom. The van der Waals surface area contributed by atoms with E-state index in [0.717, 1.165) is 32.9 Å². The van der Waals surface area contributed by atoms with Gasteiger partial charge in [0, 0.05) is 10.0 Å². The molecule has 0 saturated carbocycles. The lowest BCUT2D eigenvalue weighted by Gasteiger charge is -2.12. The second-order valence-corrected chi connectivity index (χ2v) is 7.55. The van der Waals surface area contributed by atoms with Crippen LogP contribution < -0.4 is 4.74 Å². The van der Waals surface area contributed by atoms with Gasteiger partial charge >= 0.3 is 0 Å². The van der Waals surface area contributed by atoms with Crippen LogP contribution in [0.3, 0.4) is 0 Å². The molecule has 0 N–H and O–H groups in total. The van der Waals surface area contributed by atoms with Crippen molar-refractivity contribution in [2.45, 2.75) is 13.5 Å². The summed E-state index contributed by atoms with van der Waals surface area (Å²) in [6, 6.07) is 13.3. The number of carbonyl (C=O) groups is 2. The third kappa shape index (κ3) is 3.96. The summed E-state index contributed by atoms with van der Waals surface area (Å²) in [6.07, 6.45) is 1.70. The molecule has 1 heterocycles. The van der Waals surface area contributed by atoms with Crippen LogP contribution in [0.4, 0.5) is 4.79 Å². The van der Waals surface area contributed by atoms with Crippen LogP contribution in [-0.2, 0) is 11.3 Å². The van der Waals surface area contributed by atoms with Gasteiger partial charge in [0.05, 0.1) is 18.6 Å². The molecule has 1 aliphatic heterocycles. The molecule has 0 atom stereocenters. The highest BCUT2D eigenvalue weighted by molar-refractivity contribution is 9.10. The minimum atomic E-state index is -0.280. The molecule has 0 spiro atoms. The number of benzene rings is 2. The zero-order valence-electron chi connectivity index (χ0n) is 13.8. The maximum atomic E-state index is 12.6. The molecule has 128 valence electrons. The molecule has 0 radical (unpaired) electrons. The van der Waals surface area contributed by atoms with Gasteiger partial charge in [0.2, 0.25) is 0 Å². The summed E-state index contributed by atoms with van der Waals surface area (Å²) < 4.78 is 6.20. The number of nitrogens with zero attached hydrogens (tertiary/aromatic N) is 1. The number of methoxy groups -OCH3 is 1. The van der Waals surface area contributed by atoms with Gasteiger partial charge in [-0.05, 0) is 48.5 Å². The van der Waals surface area contributed by atoms with Crippen LogP contribution in [-0.4, -0.2) is 23.2 Å². The normalized spacial score (nSPS) is 16.0. The first-order chi connectivity index (χ1) is 12.0. The Bertz CT molecular complexity index is 861. The van der Waals surface area contributed by atoms with E-state index in [4.69, 9.17) is 4.74 Å². The Hall–Kier alpha value is -2.05. The van der Waals surface area contributed by atoms with E-state index >= 15 is 0 Å². The van der Waals surface area contributed by atoms with Gasteiger partial charge in [0.15, 0.2) is 0 Å². The van der Waals surface area contributed by atoms with E-state index in [0.29, 0.717) is 10.7 Å². The quantitative estimate of drug-likeness (QED) is 0.656. The van der Waals surface area contributed by atoms with Gasteiger partial charge in [0.1, 0.15) is 5.75 Å². The van der Waals surface area contributed by atoms with E-state index in [2.05, 4.69) is 15.9 Å². The fourth-order valence-electron chi connectivity index (χ4n) is 2.47. The number of amides is 2. The van der Waals surface area contributed by atoms with E-state index in [-0.39, 0.29) is 17.7 Å². The van der Waals surface area contributed by atoms with Crippen LogP contribution in [0.5, 0.6) is 5.75 Å². The molecule has 4 nitrogen and oxygen atoms in total. The number of hydrogen-bond acceptors (Lipinski definition) is 4. The van der Waals surface area contributed by atoms with Gasteiger partial charge in [-0.2, -0.15) is 0 Å². The Morgan fingerprint density at radius 3 is 2.56 bits per heavy atom. The maximum absolute atomic E-state index is 12.6. The third-order valence-corrected chi connectivity index (χ3v) is 5.21. The monoisotopic (exact) mass is 417 g/mol. The van der Waals surface area contributed by atoms with Crippen LogP contribution in [0.2, 0.25) is 0 Å². The molecule has 0 bridgehead atoms. The zero-order valence-corrected chi connectivity index (χ0v) is 16.2. The van der Waals surface area contributed by atoms with Crippen molar-refractivity contribution in [2.75, 3.05) is 7.11 Å². The van der Waals surface area contributed by atoms with Gasteiger partial charge in [-0.3, -0.25) is 14.5 Å². The van der Waals surface area contributed by atoms with Crippen LogP contribution in [0.25, 0.3) is 6.08 Å². The molecular formula is C19H16BrNO3S. The topological polar surface area (TPSA) is 46.6 Å². The molecule has 1 aliphatic rings. The highest BCUT2D eigenvalue weighted by Gasteiger charge is 2.35. The molecule has 0 aromatic heterocycles. The highest BCUT2D eigenvalue weighted by atomic mass is 79.9. The van der Waals surface area contributed by atoms with Crippen LogP contribution in [0, 0.1) is 6.92 Å². The molecule has 1 fully saturated rings. The lowest BCUT2D eigenvalue weighted by Crippen LogP contribution is -2.27. The molecule has 6 heteroatoms. The van der Waals surface area contributed by atoms with Gasteiger partial charge in [-0.25, -0.2) is 0 Å². The van der Waals surface area contributed by atoms with E-state index in [9.17, 15) is 9.59 Å². The average Bonchev–Trinajstić information content (AvgIpc) is 2.84. The molecule has 1 saturated heterocycles.